The van der Waals surface area contributed by atoms with E-state index < -0.39 is 0 Å². The van der Waals surface area contributed by atoms with Crippen LogP contribution >= 0.6 is 0 Å². The lowest BCUT2D eigenvalue weighted by Gasteiger charge is -2.34. The van der Waals surface area contributed by atoms with E-state index in [2.05, 4.69) is 48.5 Å². The Kier molecular flexibility index (Phi) is 11.8. The van der Waals surface area contributed by atoms with Crippen LogP contribution < -0.4 is 16.0 Å². The fraction of sp³-hybridized carbons (Fsp3) is 0.368. The van der Waals surface area contributed by atoms with Gasteiger partial charge in [-0.25, -0.2) is 4.99 Å². The minimum Gasteiger partial charge on any atom is -0.381 e. The molecule has 48 heavy (non-hydrogen) atoms. The van der Waals surface area contributed by atoms with Crippen molar-refractivity contribution in [2.45, 2.75) is 33.2 Å². The molecule has 3 aromatic rings. The number of allylic oxidation sites excluding steroid dienone is 2. The van der Waals surface area contributed by atoms with E-state index in [9.17, 15) is 4.79 Å². The molecule has 0 bridgehead atoms. The fourth-order valence-corrected chi connectivity index (χ4v) is 5.84. The smallest absolute Gasteiger partial charge is 0.248 e. The van der Waals surface area contributed by atoms with Gasteiger partial charge in [0.05, 0.1) is 12.2 Å². The molecule has 3 N–H and O–H groups in total. The zero-order chi connectivity index (χ0) is 34.0. The lowest BCUT2D eigenvalue weighted by atomic mass is 9.99. The molecule has 2 aliphatic rings. The van der Waals surface area contributed by atoms with Crippen LogP contribution in [0.2, 0.25) is 0 Å². The van der Waals surface area contributed by atoms with Crippen molar-refractivity contribution >= 4 is 34.3 Å². The molecular weight excluding hydrogens is 600 g/mol. The van der Waals surface area contributed by atoms with Crippen molar-refractivity contribution in [2.24, 2.45) is 21.8 Å². The number of likely N-dealkylation sites (N-methyl/N-ethyl adjacent to an activating group) is 1. The maximum atomic E-state index is 12.5. The Balaban J connectivity index is 1.42. The summed E-state index contributed by atoms with van der Waals surface area (Å²) in [5.74, 6) is 2.92. The largest absolute Gasteiger partial charge is 0.381 e. The van der Waals surface area contributed by atoms with E-state index in [4.69, 9.17) is 19.7 Å². The maximum Gasteiger partial charge on any atom is 0.248 e. The summed E-state index contributed by atoms with van der Waals surface area (Å²) in [5.41, 5.74) is 4.74. The number of fused-ring (bicyclic) bond motifs is 1. The number of aliphatic imine (C=N–C) groups is 2. The second-order valence-electron chi connectivity index (χ2n) is 12.8. The van der Waals surface area contributed by atoms with Crippen LogP contribution in [-0.2, 0) is 16.1 Å². The van der Waals surface area contributed by atoms with Crippen molar-refractivity contribution < 1.29 is 9.53 Å². The summed E-state index contributed by atoms with van der Waals surface area (Å²) in [7, 11) is 5.93. The minimum absolute atomic E-state index is 0.158. The first-order valence-corrected chi connectivity index (χ1v) is 16.6. The number of aromatic nitrogens is 1. The third kappa shape index (κ3) is 8.76. The Morgan fingerprint density at radius 3 is 2.69 bits per heavy atom. The van der Waals surface area contributed by atoms with E-state index in [1.165, 1.54) is 0 Å². The molecule has 0 atom stereocenters. The number of carbonyl (C=O) groups is 1. The average Bonchev–Trinajstić information content (AvgIpc) is 3.08. The zero-order valence-corrected chi connectivity index (χ0v) is 28.8. The van der Waals surface area contributed by atoms with Gasteiger partial charge in [-0.05, 0) is 73.5 Å². The Morgan fingerprint density at radius 2 is 1.94 bits per heavy atom. The molecule has 10 heteroatoms. The van der Waals surface area contributed by atoms with Crippen molar-refractivity contribution in [1.82, 2.24) is 25.4 Å². The lowest BCUT2D eigenvalue weighted by molar-refractivity contribution is -0.111. The molecule has 0 aliphatic carbocycles. The van der Waals surface area contributed by atoms with Crippen molar-refractivity contribution in [3.8, 4) is 11.3 Å². The van der Waals surface area contributed by atoms with Gasteiger partial charge in [0.25, 0.3) is 0 Å². The Hall–Kier alpha value is -4.80. The van der Waals surface area contributed by atoms with Crippen molar-refractivity contribution in [2.75, 3.05) is 52.8 Å². The molecule has 10 nitrogen and oxygen atoms in total. The summed E-state index contributed by atoms with van der Waals surface area (Å²) >= 11 is 0. The SMILES string of the molecule is C=C/C(=C1/NC(=NCC2CCOCC2)NC(=NCc2ccccc2-c2nccc3cc(NC(=O)/C=C/CN(C)C)ccc23)N1C)C(C)C. The molecule has 3 heterocycles. The van der Waals surface area contributed by atoms with Crippen LogP contribution in [0, 0.1) is 11.8 Å². The first kappa shape index (κ1) is 34.5. The third-order valence-electron chi connectivity index (χ3n) is 8.53. The predicted molar refractivity (Wildman–Crippen MR) is 197 cm³/mol. The van der Waals surface area contributed by atoms with Gasteiger partial charge in [-0.2, -0.15) is 0 Å². The van der Waals surface area contributed by atoms with Crippen LogP contribution in [-0.4, -0.2) is 80.1 Å². The summed E-state index contributed by atoms with van der Waals surface area (Å²) < 4.78 is 5.54. The van der Waals surface area contributed by atoms with E-state index in [0.717, 1.165) is 77.3 Å². The Morgan fingerprint density at radius 1 is 1.15 bits per heavy atom. The van der Waals surface area contributed by atoms with Gasteiger partial charge in [0, 0.05) is 62.3 Å². The number of nitrogens with zero attached hydrogens (tertiary/aromatic N) is 5. The Labute approximate surface area is 284 Å². The Bertz CT molecular complexity index is 1730. The number of nitrogens with one attached hydrogen (secondary N) is 3. The molecule has 0 unspecified atom stereocenters. The number of rotatable bonds is 11. The van der Waals surface area contributed by atoms with Gasteiger partial charge in [0.1, 0.15) is 5.82 Å². The quantitative estimate of drug-likeness (QED) is 0.227. The highest BCUT2D eigenvalue weighted by molar-refractivity contribution is 6.04. The summed E-state index contributed by atoms with van der Waals surface area (Å²) in [6.07, 6.45) is 9.17. The van der Waals surface area contributed by atoms with Gasteiger partial charge in [0.2, 0.25) is 17.8 Å². The molecule has 2 saturated heterocycles. The monoisotopic (exact) mass is 648 g/mol. The third-order valence-corrected chi connectivity index (χ3v) is 8.53. The zero-order valence-electron chi connectivity index (χ0n) is 28.8. The van der Waals surface area contributed by atoms with Gasteiger partial charge >= 0.3 is 0 Å². The van der Waals surface area contributed by atoms with E-state index in [0.29, 0.717) is 30.9 Å². The van der Waals surface area contributed by atoms with Crippen molar-refractivity contribution in [3.05, 3.63) is 96.5 Å². The van der Waals surface area contributed by atoms with Gasteiger partial charge in [-0.3, -0.25) is 20.1 Å². The first-order valence-electron chi connectivity index (χ1n) is 16.6. The topological polar surface area (TPSA) is 106 Å². The van der Waals surface area contributed by atoms with Crippen LogP contribution in [0.3, 0.4) is 0 Å². The van der Waals surface area contributed by atoms with Gasteiger partial charge in [-0.15, -0.1) is 0 Å². The molecule has 2 fully saturated rings. The van der Waals surface area contributed by atoms with Gasteiger partial charge in [-0.1, -0.05) is 62.9 Å². The fourth-order valence-electron chi connectivity index (χ4n) is 5.84. The highest BCUT2D eigenvalue weighted by atomic mass is 16.5. The summed E-state index contributed by atoms with van der Waals surface area (Å²) in [6, 6.07) is 16.1. The lowest BCUT2D eigenvalue weighted by Crippen LogP contribution is -2.56. The molecule has 1 amide bonds. The number of anilines is 1. The molecule has 0 radical (unpaired) electrons. The molecule has 0 spiro atoms. The van der Waals surface area contributed by atoms with Gasteiger partial charge < -0.3 is 25.2 Å². The van der Waals surface area contributed by atoms with E-state index in [-0.39, 0.29) is 11.8 Å². The van der Waals surface area contributed by atoms with Crippen LogP contribution in [0.5, 0.6) is 0 Å². The number of hydrogen-bond donors (Lipinski definition) is 3. The summed E-state index contributed by atoms with van der Waals surface area (Å²) in [5, 5.41) is 11.9. The maximum absolute atomic E-state index is 12.5. The van der Waals surface area contributed by atoms with Crippen molar-refractivity contribution in [3.63, 3.8) is 0 Å². The number of carbonyl (C=O) groups excluding carboxylic acids is 1. The molecule has 2 aromatic carbocycles. The van der Waals surface area contributed by atoms with Crippen LogP contribution in [0.1, 0.15) is 32.3 Å². The number of amides is 1. The second kappa shape index (κ2) is 16.3. The predicted octanol–water partition coefficient (Wildman–Crippen LogP) is 5.77. The standard InChI is InChI=1S/C38H48N8O2/c1-7-31(26(2)3)36-43-37(40-24-27-17-21-48-22-18-27)44-38(46(36)6)41-25-29-11-8-9-12-32(29)35-33-15-14-30(23-28(33)16-19-39-35)42-34(47)13-10-20-45(4)5/h7-16,19,23,26-27H,1,17-18,20-22,24-25H2,2-6H3,(H,42,47)(H2,40,41,43,44)/b13-10+,36-31+. The number of guanidine groups is 2. The molecule has 1 aromatic heterocycles. The molecule has 252 valence electrons. The molecule has 5 rings (SSSR count). The minimum atomic E-state index is -0.158. The number of ether oxygens (including phenoxy) is 1. The van der Waals surface area contributed by atoms with Crippen LogP contribution in [0.15, 0.2) is 101 Å². The first-order chi connectivity index (χ1) is 23.2. The van der Waals surface area contributed by atoms with E-state index in [1.54, 1.807) is 6.08 Å². The summed E-state index contributed by atoms with van der Waals surface area (Å²) in [6.45, 7) is 11.8. The number of pyridine rings is 1. The highest BCUT2D eigenvalue weighted by Crippen LogP contribution is 2.31. The van der Waals surface area contributed by atoms with E-state index in [1.807, 2.05) is 85.7 Å². The average molecular weight is 649 g/mol. The van der Waals surface area contributed by atoms with Crippen LogP contribution in [0.25, 0.3) is 22.0 Å². The molecule has 2 aliphatic heterocycles. The molecular formula is C38H48N8O2. The normalized spacial score (nSPS) is 18.5. The second-order valence-corrected chi connectivity index (χ2v) is 12.8. The summed E-state index contributed by atoms with van der Waals surface area (Å²) in [4.78, 5) is 31.3. The number of benzene rings is 2. The number of hydrogen-bond acceptors (Lipinski definition) is 6. The van der Waals surface area contributed by atoms with Crippen molar-refractivity contribution in [1.29, 1.82) is 0 Å². The highest BCUT2D eigenvalue weighted by Gasteiger charge is 2.25. The van der Waals surface area contributed by atoms with Crippen LogP contribution in [0.4, 0.5) is 5.69 Å². The van der Waals surface area contributed by atoms with E-state index >= 15 is 0 Å². The van der Waals surface area contributed by atoms with Gasteiger partial charge in [0.15, 0.2) is 0 Å². The molecule has 0 saturated carbocycles.